The molecule has 1 amide bonds. The van der Waals surface area contributed by atoms with Gasteiger partial charge in [-0.2, -0.15) is 0 Å². The van der Waals surface area contributed by atoms with Crippen molar-refractivity contribution in [2.45, 2.75) is 38.1 Å². The largest absolute Gasteiger partial charge is 0.309 e. The fourth-order valence-electron chi connectivity index (χ4n) is 3.27. The number of rotatable bonds is 4. The maximum absolute atomic E-state index is 12.7. The van der Waals surface area contributed by atoms with E-state index in [4.69, 9.17) is 0 Å². The molecule has 26 heavy (non-hydrogen) atoms. The van der Waals surface area contributed by atoms with E-state index in [1.54, 1.807) is 35.2 Å². The lowest BCUT2D eigenvalue weighted by molar-refractivity contribution is -0.116. The first-order valence-electron chi connectivity index (χ1n) is 8.25. The number of benzene rings is 2. The Morgan fingerprint density at radius 1 is 1.12 bits per heavy atom. The minimum absolute atomic E-state index is 0.000612. The van der Waals surface area contributed by atoms with E-state index in [2.05, 4.69) is 4.72 Å². The van der Waals surface area contributed by atoms with E-state index < -0.39 is 10.0 Å². The van der Waals surface area contributed by atoms with Gasteiger partial charge in [0, 0.05) is 29.9 Å². The Hall–Kier alpha value is -2.67. The summed E-state index contributed by atoms with van der Waals surface area (Å²) >= 11 is 0. The second-order valence-corrected chi connectivity index (χ2v) is 8.16. The first-order chi connectivity index (χ1) is 12.2. The molecule has 136 valence electrons. The highest BCUT2D eigenvalue weighted by Crippen LogP contribution is 2.34. The molecule has 0 spiro atoms. The second-order valence-electron chi connectivity index (χ2n) is 6.48. The van der Waals surface area contributed by atoms with Gasteiger partial charge in [-0.05, 0) is 56.2 Å². The van der Waals surface area contributed by atoms with E-state index in [9.17, 15) is 18.0 Å². The van der Waals surface area contributed by atoms with Crippen LogP contribution in [0.15, 0.2) is 47.4 Å². The number of carbonyl (C=O) groups excluding carboxylic acids is 2. The van der Waals surface area contributed by atoms with Crippen LogP contribution >= 0.6 is 0 Å². The minimum atomic E-state index is -3.80. The molecular formula is C19H20N2O4S. The molecule has 0 aliphatic carbocycles. The molecular weight excluding hydrogens is 352 g/mol. The van der Waals surface area contributed by atoms with Gasteiger partial charge in [-0.15, -0.1) is 0 Å². The van der Waals surface area contributed by atoms with Gasteiger partial charge in [0.05, 0.1) is 4.90 Å². The number of carbonyl (C=O) groups is 2. The highest BCUT2D eigenvalue weighted by atomic mass is 32.2. The van der Waals surface area contributed by atoms with Gasteiger partial charge in [0.15, 0.2) is 5.78 Å². The van der Waals surface area contributed by atoms with Crippen molar-refractivity contribution in [2.24, 2.45) is 0 Å². The minimum Gasteiger partial charge on any atom is -0.309 e. The predicted octanol–water partition coefficient (Wildman–Crippen LogP) is 2.99. The van der Waals surface area contributed by atoms with E-state index in [-0.39, 0.29) is 22.6 Å². The Kier molecular flexibility index (Phi) is 4.58. The van der Waals surface area contributed by atoms with Crippen LogP contribution in [-0.4, -0.2) is 26.2 Å². The summed E-state index contributed by atoms with van der Waals surface area (Å²) in [5.74, 6) is -0.201. The summed E-state index contributed by atoms with van der Waals surface area (Å²) in [6.07, 6.45) is 0.609. The van der Waals surface area contributed by atoms with Gasteiger partial charge in [0.1, 0.15) is 0 Å². The van der Waals surface area contributed by atoms with E-state index in [0.29, 0.717) is 17.7 Å². The molecule has 0 saturated carbocycles. The monoisotopic (exact) mass is 372 g/mol. The molecule has 2 aromatic rings. The van der Waals surface area contributed by atoms with Gasteiger partial charge in [0.2, 0.25) is 5.91 Å². The van der Waals surface area contributed by atoms with Crippen molar-refractivity contribution < 1.29 is 18.0 Å². The van der Waals surface area contributed by atoms with E-state index >= 15 is 0 Å². The Labute approximate surface area is 152 Å². The molecule has 3 rings (SSSR count). The molecule has 7 heteroatoms. The Bertz CT molecular complexity index is 998. The van der Waals surface area contributed by atoms with Gasteiger partial charge >= 0.3 is 0 Å². The highest BCUT2D eigenvalue weighted by molar-refractivity contribution is 7.92. The maximum Gasteiger partial charge on any atom is 0.261 e. The number of hydrogen-bond donors (Lipinski definition) is 1. The van der Waals surface area contributed by atoms with Crippen LogP contribution in [0.4, 0.5) is 11.4 Å². The van der Waals surface area contributed by atoms with Crippen LogP contribution in [0.5, 0.6) is 0 Å². The van der Waals surface area contributed by atoms with E-state index in [1.807, 2.05) is 6.92 Å². The molecule has 6 nitrogen and oxygen atoms in total. The predicted molar refractivity (Wildman–Crippen MR) is 100 cm³/mol. The number of nitrogens with one attached hydrogen (secondary N) is 1. The number of sulfonamides is 1. The molecule has 0 bridgehead atoms. The molecule has 1 aliphatic heterocycles. The van der Waals surface area contributed by atoms with E-state index in [1.165, 1.54) is 26.0 Å². The first-order valence-corrected chi connectivity index (χ1v) is 9.74. The summed E-state index contributed by atoms with van der Waals surface area (Å²) in [5.41, 5.74) is 2.34. The van der Waals surface area contributed by atoms with Crippen LogP contribution in [0.1, 0.15) is 36.7 Å². The van der Waals surface area contributed by atoms with Crippen molar-refractivity contribution in [3.8, 4) is 0 Å². The van der Waals surface area contributed by atoms with Crippen LogP contribution < -0.4 is 9.62 Å². The van der Waals surface area contributed by atoms with Crippen molar-refractivity contribution in [1.82, 2.24) is 0 Å². The lowest BCUT2D eigenvalue weighted by Gasteiger charge is -2.20. The van der Waals surface area contributed by atoms with Gasteiger partial charge in [0.25, 0.3) is 10.0 Å². The second kappa shape index (κ2) is 6.57. The third-order valence-electron chi connectivity index (χ3n) is 4.44. The fraction of sp³-hybridized carbons (Fsp3) is 0.263. The molecule has 0 fully saturated rings. The van der Waals surface area contributed by atoms with Crippen LogP contribution in [0.25, 0.3) is 0 Å². The first kappa shape index (κ1) is 18.1. The standard InChI is InChI=1S/C19H20N2O4S/c1-12-9-16-11-18(7-8-19(16)21(12)14(3)23)26(24,25)20-17-6-4-5-15(10-17)13(2)22/h4-8,10-12,20H,9H2,1-3H3/t12-/m1/s1. The number of hydrogen-bond acceptors (Lipinski definition) is 4. The maximum atomic E-state index is 12.7. The summed E-state index contributed by atoms with van der Waals surface area (Å²) in [7, 11) is -3.80. The van der Waals surface area contributed by atoms with Crippen molar-refractivity contribution in [1.29, 1.82) is 0 Å². The molecule has 1 heterocycles. The van der Waals surface area contributed by atoms with Crippen LogP contribution in [0, 0.1) is 0 Å². The number of fused-ring (bicyclic) bond motifs is 1. The topological polar surface area (TPSA) is 83.6 Å². The molecule has 2 aromatic carbocycles. The molecule has 1 aliphatic rings. The molecule has 1 N–H and O–H groups in total. The van der Waals surface area contributed by atoms with Crippen LogP contribution in [-0.2, 0) is 21.2 Å². The smallest absolute Gasteiger partial charge is 0.261 e. The SMILES string of the molecule is CC(=O)c1cccc(NS(=O)(=O)c2ccc3c(c2)C[C@@H](C)N3C(C)=O)c1. The molecule has 0 radical (unpaired) electrons. The lowest BCUT2D eigenvalue weighted by Crippen LogP contribution is -2.33. The number of anilines is 2. The summed E-state index contributed by atoms with van der Waals surface area (Å²) in [5, 5.41) is 0. The van der Waals surface area contributed by atoms with Gasteiger partial charge in [-0.1, -0.05) is 12.1 Å². The highest BCUT2D eigenvalue weighted by Gasteiger charge is 2.30. The Balaban J connectivity index is 1.92. The summed E-state index contributed by atoms with van der Waals surface area (Å²) in [6.45, 7) is 4.86. The third-order valence-corrected chi connectivity index (χ3v) is 5.82. The quantitative estimate of drug-likeness (QED) is 0.837. The number of amides is 1. The van der Waals surface area contributed by atoms with Crippen molar-refractivity contribution in [3.63, 3.8) is 0 Å². The summed E-state index contributed by atoms with van der Waals surface area (Å²) in [4.78, 5) is 25.1. The third kappa shape index (κ3) is 3.35. The Morgan fingerprint density at radius 3 is 2.50 bits per heavy atom. The number of Topliss-reactive ketones (excluding diaryl/α,β-unsaturated/α-hetero) is 1. The zero-order chi connectivity index (χ0) is 19.1. The zero-order valence-electron chi connectivity index (χ0n) is 14.8. The lowest BCUT2D eigenvalue weighted by atomic mass is 10.1. The molecule has 0 unspecified atom stereocenters. The average Bonchev–Trinajstić information content (AvgIpc) is 2.89. The summed E-state index contributed by atoms with van der Waals surface area (Å²) in [6, 6.07) is 11.1. The van der Waals surface area contributed by atoms with Crippen LogP contribution in [0.2, 0.25) is 0 Å². The van der Waals surface area contributed by atoms with Crippen molar-refractivity contribution in [3.05, 3.63) is 53.6 Å². The van der Waals surface area contributed by atoms with Gasteiger partial charge in [-0.25, -0.2) is 8.42 Å². The zero-order valence-corrected chi connectivity index (χ0v) is 15.6. The van der Waals surface area contributed by atoms with Crippen molar-refractivity contribution >= 4 is 33.1 Å². The Morgan fingerprint density at radius 2 is 1.85 bits per heavy atom. The summed E-state index contributed by atoms with van der Waals surface area (Å²) < 4.78 is 27.9. The number of ketones is 1. The fourth-order valence-corrected chi connectivity index (χ4v) is 4.37. The molecule has 1 atom stereocenters. The normalized spacial score (nSPS) is 16.3. The van der Waals surface area contributed by atoms with Crippen molar-refractivity contribution in [2.75, 3.05) is 9.62 Å². The van der Waals surface area contributed by atoms with E-state index in [0.717, 1.165) is 11.3 Å². The molecule has 0 saturated heterocycles. The van der Waals surface area contributed by atoms with Gasteiger partial charge in [-0.3, -0.25) is 14.3 Å². The number of nitrogens with zero attached hydrogens (tertiary/aromatic N) is 1. The average molecular weight is 372 g/mol. The van der Waals surface area contributed by atoms with Gasteiger partial charge < -0.3 is 4.90 Å². The molecule has 0 aromatic heterocycles. The van der Waals surface area contributed by atoms with Crippen LogP contribution in [0.3, 0.4) is 0 Å².